The Morgan fingerprint density at radius 1 is 1.03 bits per heavy atom. The highest BCUT2D eigenvalue weighted by molar-refractivity contribution is 5.66. The van der Waals surface area contributed by atoms with Gasteiger partial charge < -0.3 is 24.8 Å². The molecule has 0 atom stereocenters. The van der Waals surface area contributed by atoms with Crippen molar-refractivity contribution in [3.8, 4) is 16.9 Å². The van der Waals surface area contributed by atoms with Crippen molar-refractivity contribution in [2.45, 2.75) is 51.4 Å². The zero-order valence-corrected chi connectivity index (χ0v) is 21.0. The highest BCUT2D eigenvalue weighted by Gasteiger charge is 2.31. The number of piperidine rings is 1. The molecule has 2 aromatic heterocycles. The summed E-state index contributed by atoms with van der Waals surface area (Å²) in [5.74, 6) is 1.60. The summed E-state index contributed by atoms with van der Waals surface area (Å²) in [7, 11) is 0. The number of nitrogen functional groups attached to an aromatic ring is 1. The second kappa shape index (κ2) is 10.6. The summed E-state index contributed by atoms with van der Waals surface area (Å²) < 4.78 is 44.8. The van der Waals surface area contributed by atoms with Crippen LogP contribution in [0.4, 0.5) is 24.8 Å². The minimum Gasteiger partial charge on any atom is -0.406 e. The predicted octanol–water partition coefficient (Wildman–Crippen LogP) is 5.08. The summed E-state index contributed by atoms with van der Waals surface area (Å²) in [5, 5.41) is 0. The zero-order valence-electron chi connectivity index (χ0n) is 21.0. The van der Waals surface area contributed by atoms with Gasteiger partial charge in [0, 0.05) is 49.6 Å². The summed E-state index contributed by atoms with van der Waals surface area (Å²) in [4.78, 5) is 13.4. The number of alkyl halides is 3. The van der Waals surface area contributed by atoms with E-state index in [1.165, 1.54) is 30.6 Å². The van der Waals surface area contributed by atoms with Gasteiger partial charge in [-0.15, -0.1) is 13.2 Å². The topological polar surface area (TPSA) is 72.4 Å². The van der Waals surface area contributed by atoms with Crippen LogP contribution in [0.3, 0.4) is 0 Å². The fourth-order valence-corrected chi connectivity index (χ4v) is 5.37. The Labute approximate surface area is 215 Å². The molecule has 10 heteroatoms. The van der Waals surface area contributed by atoms with E-state index in [0.29, 0.717) is 17.3 Å². The molecule has 198 valence electrons. The molecule has 2 saturated heterocycles. The maximum atomic E-state index is 12.8. The monoisotopic (exact) mass is 514 g/mol. The SMILES string of the molecule is CCc1c(N)ncnc1N1CCC(c2cc(-c3cccc(OC(F)(F)F)c3)cn2CCN2CCC2)CC1. The summed E-state index contributed by atoms with van der Waals surface area (Å²) in [6, 6.07) is 8.37. The van der Waals surface area contributed by atoms with Gasteiger partial charge in [-0.25, -0.2) is 9.97 Å². The molecule has 0 spiro atoms. The molecule has 0 aliphatic carbocycles. The van der Waals surface area contributed by atoms with Crippen molar-refractivity contribution in [2.75, 3.05) is 43.4 Å². The van der Waals surface area contributed by atoms with Crippen molar-refractivity contribution in [2.24, 2.45) is 0 Å². The molecule has 4 heterocycles. The van der Waals surface area contributed by atoms with Crippen molar-refractivity contribution in [3.63, 3.8) is 0 Å². The molecular weight excluding hydrogens is 481 g/mol. The first-order valence-corrected chi connectivity index (χ1v) is 12.9. The van der Waals surface area contributed by atoms with Gasteiger partial charge in [-0.2, -0.15) is 0 Å². The average Bonchev–Trinajstić information content (AvgIpc) is 3.26. The van der Waals surface area contributed by atoms with Crippen LogP contribution in [0.2, 0.25) is 0 Å². The van der Waals surface area contributed by atoms with Crippen LogP contribution in [0, 0.1) is 0 Å². The standard InChI is InChI=1S/C27H33F3N6O/c1-2-23-25(31)32-18-33-26(23)35-11-7-19(8-12-35)24-16-21(17-36(24)14-13-34-9-4-10-34)20-5-3-6-22(15-20)37-27(28,29)30/h3,5-6,15-19H,2,4,7-14H2,1H3,(H2,31,32,33). The quantitative estimate of drug-likeness (QED) is 0.452. The lowest BCUT2D eigenvalue weighted by atomic mass is 9.92. The molecule has 2 N–H and O–H groups in total. The number of anilines is 2. The van der Waals surface area contributed by atoms with Gasteiger partial charge in [0.05, 0.1) is 0 Å². The van der Waals surface area contributed by atoms with E-state index in [0.717, 1.165) is 75.5 Å². The number of nitrogens with zero attached hydrogens (tertiary/aromatic N) is 5. The molecule has 5 rings (SSSR count). The second-order valence-corrected chi connectivity index (χ2v) is 9.79. The molecule has 37 heavy (non-hydrogen) atoms. The van der Waals surface area contributed by atoms with Crippen LogP contribution in [0.25, 0.3) is 11.1 Å². The van der Waals surface area contributed by atoms with Gasteiger partial charge in [0.15, 0.2) is 0 Å². The summed E-state index contributed by atoms with van der Waals surface area (Å²) in [5.41, 5.74) is 9.94. The average molecular weight is 515 g/mol. The smallest absolute Gasteiger partial charge is 0.406 e. The van der Waals surface area contributed by atoms with Gasteiger partial charge in [0.2, 0.25) is 0 Å². The summed E-state index contributed by atoms with van der Waals surface area (Å²) in [6.07, 6.45) is 2.82. The van der Waals surface area contributed by atoms with Crippen molar-refractivity contribution >= 4 is 11.6 Å². The number of benzene rings is 1. The van der Waals surface area contributed by atoms with Crippen LogP contribution < -0.4 is 15.4 Å². The maximum Gasteiger partial charge on any atom is 0.573 e. The molecular formula is C27H33F3N6O. The molecule has 7 nitrogen and oxygen atoms in total. The van der Waals surface area contributed by atoms with E-state index in [1.54, 1.807) is 6.07 Å². The third-order valence-corrected chi connectivity index (χ3v) is 7.46. The summed E-state index contributed by atoms with van der Waals surface area (Å²) >= 11 is 0. The van der Waals surface area contributed by atoms with Gasteiger partial charge >= 0.3 is 6.36 Å². The number of ether oxygens (including phenoxy) is 1. The Balaban J connectivity index is 1.37. The first-order chi connectivity index (χ1) is 17.8. The third-order valence-electron chi connectivity index (χ3n) is 7.46. The lowest BCUT2D eigenvalue weighted by Gasteiger charge is -2.35. The Bertz CT molecular complexity index is 1220. The van der Waals surface area contributed by atoms with Gasteiger partial charge in [0.25, 0.3) is 0 Å². The molecule has 0 bridgehead atoms. The largest absolute Gasteiger partial charge is 0.573 e. The highest BCUT2D eigenvalue weighted by atomic mass is 19.4. The van der Waals surface area contributed by atoms with Gasteiger partial charge in [-0.3, -0.25) is 0 Å². The van der Waals surface area contributed by atoms with Crippen LogP contribution in [0.1, 0.15) is 43.4 Å². The normalized spacial score (nSPS) is 17.1. The van der Waals surface area contributed by atoms with Crippen molar-refractivity contribution in [3.05, 3.63) is 54.1 Å². The summed E-state index contributed by atoms with van der Waals surface area (Å²) in [6.45, 7) is 7.85. The number of nitrogens with two attached hydrogens (primary N) is 1. The number of hydrogen-bond donors (Lipinski definition) is 1. The van der Waals surface area contributed by atoms with Crippen LogP contribution in [0.5, 0.6) is 5.75 Å². The Morgan fingerprint density at radius 2 is 1.81 bits per heavy atom. The maximum absolute atomic E-state index is 12.8. The lowest BCUT2D eigenvalue weighted by Crippen LogP contribution is -2.39. The van der Waals surface area contributed by atoms with Crippen LogP contribution in [-0.2, 0) is 13.0 Å². The number of aromatic nitrogens is 3. The van der Waals surface area contributed by atoms with E-state index in [2.05, 4.69) is 48.3 Å². The fourth-order valence-electron chi connectivity index (χ4n) is 5.37. The molecule has 0 radical (unpaired) electrons. The van der Waals surface area contributed by atoms with E-state index in [1.807, 2.05) is 6.07 Å². The first-order valence-electron chi connectivity index (χ1n) is 12.9. The highest BCUT2D eigenvalue weighted by Crippen LogP contribution is 2.36. The molecule has 0 saturated carbocycles. The molecule has 0 unspecified atom stereocenters. The van der Waals surface area contributed by atoms with E-state index in [4.69, 9.17) is 5.73 Å². The molecule has 2 aliphatic rings. The minimum atomic E-state index is -4.72. The van der Waals surface area contributed by atoms with E-state index in [-0.39, 0.29) is 5.75 Å². The van der Waals surface area contributed by atoms with E-state index in [9.17, 15) is 13.2 Å². The predicted molar refractivity (Wildman–Crippen MR) is 138 cm³/mol. The Kier molecular flexibility index (Phi) is 7.28. The molecule has 3 aromatic rings. The van der Waals surface area contributed by atoms with Gasteiger partial charge in [-0.05, 0) is 68.1 Å². The van der Waals surface area contributed by atoms with Crippen molar-refractivity contribution < 1.29 is 17.9 Å². The zero-order chi connectivity index (χ0) is 26.0. The molecule has 2 fully saturated rings. The van der Waals surface area contributed by atoms with E-state index < -0.39 is 6.36 Å². The van der Waals surface area contributed by atoms with Crippen LogP contribution in [-0.4, -0.2) is 58.5 Å². The van der Waals surface area contributed by atoms with Crippen molar-refractivity contribution in [1.29, 1.82) is 0 Å². The minimum absolute atomic E-state index is 0.205. The first kappa shape index (κ1) is 25.4. The third kappa shape index (κ3) is 5.84. The molecule has 2 aliphatic heterocycles. The van der Waals surface area contributed by atoms with Crippen LogP contribution >= 0.6 is 0 Å². The number of likely N-dealkylation sites (tertiary alicyclic amines) is 1. The number of halogens is 3. The molecule has 1 aromatic carbocycles. The van der Waals surface area contributed by atoms with Gasteiger partial charge in [0.1, 0.15) is 23.7 Å². The van der Waals surface area contributed by atoms with Crippen LogP contribution in [0.15, 0.2) is 42.9 Å². The Hall–Kier alpha value is -3.27. The lowest BCUT2D eigenvalue weighted by molar-refractivity contribution is -0.274. The fraction of sp³-hybridized carbons (Fsp3) is 0.481. The van der Waals surface area contributed by atoms with Gasteiger partial charge in [-0.1, -0.05) is 19.1 Å². The number of rotatable bonds is 8. The molecule has 0 amide bonds. The second-order valence-electron chi connectivity index (χ2n) is 9.79. The Morgan fingerprint density at radius 3 is 2.49 bits per heavy atom. The number of hydrogen-bond acceptors (Lipinski definition) is 6. The van der Waals surface area contributed by atoms with Crippen molar-refractivity contribution in [1.82, 2.24) is 19.4 Å². The van der Waals surface area contributed by atoms with E-state index >= 15 is 0 Å².